The molecule has 0 amide bonds. The fourth-order valence-corrected chi connectivity index (χ4v) is 18.4. The molecular formula is C19H17N4Tl. The maximum atomic E-state index is 4.49. The molecule has 5 heteroatoms. The molecule has 1 saturated heterocycles. The Kier molecular flexibility index (Phi) is 2.25. The van der Waals surface area contributed by atoms with E-state index in [9.17, 15) is 0 Å². The van der Waals surface area contributed by atoms with Crippen molar-refractivity contribution in [2.75, 3.05) is 5.32 Å². The van der Waals surface area contributed by atoms with E-state index in [1.165, 1.54) is 28.6 Å². The van der Waals surface area contributed by atoms with Crippen LogP contribution in [0.2, 0.25) is 7.96 Å². The molecule has 2 aliphatic heterocycles. The third-order valence-electron chi connectivity index (χ3n) is 6.64. The van der Waals surface area contributed by atoms with E-state index in [4.69, 9.17) is 0 Å². The number of pyridine rings is 2. The Balaban J connectivity index is 1.55. The van der Waals surface area contributed by atoms with E-state index < -0.39 is 23.0 Å². The second-order valence-corrected chi connectivity index (χ2v) is 19.5. The molecule has 4 unspecified atom stereocenters. The molecule has 5 heterocycles. The Morgan fingerprint density at radius 2 is 2.00 bits per heavy atom. The Morgan fingerprint density at radius 1 is 1.12 bits per heavy atom. The fraction of sp³-hybridized carbons (Fsp3) is 0.368. The average molecular weight is 506 g/mol. The van der Waals surface area contributed by atoms with E-state index in [0.29, 0.717) is 12.0 Å². The van der Waals surface area contributed by atoms with Crippen molar-refractivity contribution in [1.82, 2.24) is 12.3 Å². The van der Waals surface area contributed by atoms with Crippen LogP contribution in [0.25, 0.3) is 10.9 Å². The van der Waals surface area contributed by atoms with Crippen LogP contribution in [0.15, 0.2) is 36.9 Å². The maximum absolute atomic E-state index is 4.49. The molecule has 3 aromatic rings. The first-order valence-electron chi connectivity index (χ1n) is 9.10. The number of aromatic nitrogens is 3. The van der Waals surface area contributed by atoms with Gasteiger partial charge in [-0.05, 0) is 0 Å². The summed E-state index contributed by atoms with van der Waals surface area (Å²) in [6, 6.07) is 4.87. The summed E-state index contributed by atoms with van der Waals surface area (Å²) < 4.78 is 6.01. The molecule has 0 radical (unpaired) electrons. The molecule has 4 nitrogen and oxygen atoms in total. The van der Waals surface area contributed by atoms with Gasteiger partial charge in [-0.15, -0.1) is 0 Å². The van der Waals surface area contributed by atoms with E-state index >= 15 is 0 Å². The predicted molar refractivity (Wildman–Crippen MR) is 94.7 cm³/mol. The van der Waals surface area contributed by atoms with Gasteiger partial charge in [0.15, 0.2) is 0 Å². The van der Waals surface area contributed by atoms with Crippen LogP contribution in [0.1, 0.15) is 41.1 Å². The first-order chi connectivity index (χ1) is 11.9. The van der Waals surface area contributed by atoms with Crippen LogP contribution in [0.4, 0.5) is 5.69 Å². The molecule has 4 atom stereocenters. The van der Waals surface area contributed by atoms with Crippen LogP contribution >= 0.6 is 0 Å². The van der Waals surface area contributed by atoms with Gasteiger partial charge in [-0.3, -0.25) is 0 Å². The topological polar surface area (TPSA) is 42.7 Å². The molecule has 0 bridgehead atoms. The van der Waals surface area contributed by atoms with E-state index in [-0.39, 0.29) is 0 Å². The third-order valence-corrected chi connectivity index (χ3v) is 15.9. The number of nitrogens with zero attached hydrogens (tertiary/aromatic N) is 3. The Morgan fingerprint density at radius 3 is 2.92 bits per heavy atom. The average Bonchev–Trinajstić information content (AvgIpc) is 3.54. The molecule has 4 aliphatic rings. The zero-order chi connectivity index (χ0) is 15.4. The van der Waals surface area contributed by atoms with Gasteiger partial charge in [0.25, 0.3) is 0 Å². The van der Waals surface area contributed by atoms with Crippen molar-refractivity contribution in [2.45, 2.75) is 32.3 Å². The summed E-state index contributed by atoms with van der Waals surface area (Å²) in [7, 11) is 0. The molecule has 7 rings (SSSR count). The van der Waals surface area contributed by atoms with Crippen LogP contribution < -0.4 is 5.32 Å². The normalized spacial score (nSPS) is 31.1. The first kappa shape index (κ1) is 12.9. The van der Waals surface area contributed by atoms with Gasteiger partial charge in [0.1, 0.15) is 0 Å². The van der Waals surface area contributed by atoms with Crippen molar-refractivity contribution in [3.05, 3.63) is 53.7 Å². The van der Waals surface area contributed by atoms with Gasteiger partial charge in [-0.2, -0.15) is 0 Å². The van der Waals surface area contributed by atoms with Crippen molar-refractivity contribution in [1.29, 1.82) is 0 Å². The third kappa shape index (κ3) is 1.45. The summed E-state index contributed by atoms with van der Waals surface area (Å²) in [6.07, 6.45) is 9.51. The van der Waals surface area contributed by atoms with Gasteiger partial charge in [-0.1, -0.05) is 0 Å². The van der Waals surface area contributed by atoms with E-state index in [1.807, 2.05) is 12.4 Å². The predicted octanol–water partition coefficient (Wildman–Crippen LogP) is 3.65. The van der Waals surface area contributed by atoms with Crippen LogP contribution in [-0.4, -0.2) is 35.3 Å². The van der Waals surface area contributed by atoms with Crippen molar-refractivity contribution in [3.8, 4) is 0 Å². The Hall–Kier alpha value is -1.44. The van der Waals surface area contributed by atoms with Crippen LogP contribution in [-0.2, 0) is 0 Å². The van der Waals surface area contributed by atoms with Crippen LogP contribution in [0.3, 0.4) is 0 Å². The summed E-state index contributed by atoms with van der Waals surface area (Å²) in [5, 5.41) is 5.28. The number of hydrogen-bond acceptors (Lipinski definition) is 3. The first-order valence-corrected chi connectivity index (χ1v) is 17.5. The van der Waals surface area contributed by atoms with Gasteiger partial charge >= 0.3 is 149 Å². The van der Waals surface area contributed by atoms with Gasteiger partial charge in [0.2, 0.25) is 0 Å². The zero-order valence-electron chi connectivity index (χ0n) is 13.3. The van der Waals surface area contributed by atoms with Crippen molar-refractivity contribution >= 4 is 39.6 Å². The van der Waals surface area contributed by atoms with Crippen LogP contribution in [0, 0.1) is 5.92 Å². The quantitative estimate of drug-likeness (QED) is 0.514. The minimum atomic E-state index is -1.59. The molecule has 1 N–H and O–H groups in total. The van der Waals surface area contributed by atoms with Crippen molar-refractivity contribution < 1.29 is 0 Å². The van der Waals surface area contributed by atoms with E-state index in [0.717, 1.165) is 11.8 Å². The number of rotatable bonds is 1. The van der Waals surface area contributed by atoms with Gasteiger partial charge in [0.05, 0.1) is 0 Å². The Bertz CT molecular complexity index is 1020. The number of anilines is 1. The van der Waals surface area contributed by atoms with Crippen LogP contribution in [0.5, 0.6) is 0 Å². The molecule has 2 fully saturated rings. The summed E-state index contributed by atoms with van der Waals surface area (Å²) >= 11 is -1.59. The van der Waals surface area contributed by atoms with E-state index in [1.54, 1.807) is 19.2 Å². The molecule has 0 spiro atoms. The zero-order valence-corrected chi connectivity index (χ0v) is 17.8. The number of fused-ring (bicyclic) bond motifs is 10. The molecular weight excluding hydrogens is 489 g/mol. The summed E-state index contributed by atoms with van der Waals surface area (Å²) in [4.78, 5) is 8.90. The molecule has 1 saturated carbocycles. The van der Waals surface area contributed by atoms with E-state index in [2.05, 4.69) is 42.2 Å². The van der Waals surface area contributed by atoms with Crippen molar-refractivity contribution in [2.24, 2.45) is 5.92 Å². The standard InChI is InChI=1S/C17H13N4.C2H4.Tl/c1-3-18-6-10-12(1)21-17-14(10)8-5-9(8)16-15(17)11-7-19-4-2-13(11)20-16;1-2;/h1-4,6-9,14,17,21H,5H2;1-2H2;/q-1;;+1. The summed E-state index contributed by atoms with van der Waals surface area (Å²) in [6.45, 7) is 0. The van der Waals surface area contributed by atoms with Gasteiger partial charge in [0, 0.05) is 0 Å². The molecule has 3 aromatic heterocycles. The fourth-order valence-electron chi connectivity index (χ4n) is 5.53. The van der Waals surface area contributed by atoms with Gasteiger partial charge < -0.3 is 0 Å². The molecule has 116 valence electrons. The van der Waals surface area contributed by atoms with Crippen molar-refractivity contribution in [3.63, 3.8) is 0 Å². The monoisotopic (exact) mass is 506 g/mol. The number of hydrogen-bond donors (Lipinski definition) is 1. The SMILES string of the molecule is c1cc2c(cn1)C1C(N2)c2c([n]([Tl]3[CH2][CH2]3)c3ccncc23)C2CC21. The Labute approximate surface area is 148 Å². The number of nitrogens with one attached hydrogen (secondary N) is 1. The summed E-state index contributed by atoms with van der Waals surface area (Å²) in [5.74, 6) is 2.23. The second kappa shape index (κ2) is 4.20. The summed E-state index contributed by atoms with van der Waals surface area (Å²) in [5.41, 5.74) is 7.56. The molecule has 2 aliphatic carbocycles. The van der Waals surface area contributed by atoms with Gasteiger partial charge in [-0.25, -0.2) is 0 Å². The molecule has 24 heavy (non-hydrogen) atoms. The molecule has 0 aromatic carbocycles. The minimum absolute atomic E-state index is 0.433. The second-order valence-electron chi connectivity index (χ2n) is 7.91.